The molecule has 0 radical (unpaired) electrons. The summed E-state index contributed by atoms with van der Waals surface area (Å²) < 4.78 is 12.5. The van der Waals surface area contributed by atoms with Gasteiger partial charge in [0.25, 0.3) is 0 Å². The highest BCUT2D eigenvalue weighted by Crippen LogP contribution is 2.47. The maximum absolute atomic E-state index is 6.58. The SMILES string of the molecule is CCc1ccc(Cc2c(Cl)ccc3c2COC32CCCC(C)O2)cc1. The second-order valence-electron chi connectivity index (χ2n) is 7.26. The van der Waals surface area contributed by atoms with Crippen molar-refractivity contribution in [1.29, 1.82) is 0 Å². The van der Waals surface area contributed by atoms with Gasteiger partial charge in [-0.2, -0.15) is 0 Å². The highest BCUT2D eigenvalue weighted by molar-refractivity contribution is 6.31. The van der Waals surface area contributed by atoms with Crippen LogP contribution in [-0.4, -0.2) is 6.10 Å². The van der Waals surface area contributed by atoms with Crippen LogP contribution >= 0.6 is 11.6 Å². The van der Waals surface area contributed by atoms with E-state index in [4.69, 9.17) is 21.1 Å². The molecule has 0 N–H and O–H groups in total. The summed E-state index contributed by atoms with van der Waals surface area (Å²) in [6.45, 7) is 4.90. The van der Waals surface area contributed by atoms with E-state index in [0.29, 0.717) is 6.61 Å². The highest BCUT2D eigenvalue weighted by Gasteiger charge is 2.45. The molecule has 2 heterocycles. The molecule has 1 fully saturated rings. The van der Waals surface area contributed by atoms with Gasteiger partial charge in [-0.25, -0.2) is 0 Å². The molecule has 0 saturated carbocycles. The molecule has 3 heteroatoms. The molecule has 0 aromatic heterocycles. The lowest BCUT2D eigenvalue weighted by molar-refractivity contribution is -0.279. The fourth-order valence-corrected chi connectivity index (χ4v) is 4.35. The van der Waals surface area contributed by atoms with Crippen LogP contribution in [0.15, 0.2) is 36.4 Å². The topological polar surface area (TPSA) is 18.5 Å². The normalized spacial score (nSPS) is 25.3. The standard InChI is InChI=1S/C22H25ClO2/c1-3-16-6-8-17(9-7-16)13-18-19-14-24-22(12-4-5-15(2)25-22)20(19)10-11-21(18)23/h6-11,15H,3-5,12-14H2,1-2H3. The van der Waals surface area contributed by atoms with Crippen molar-refractivity contribution in [2.24, 2.45) is 0 Å². The van der Waals surface area contributed by atoms with Gasteiger partial charge >= 0.3 is 0 Å². The molecule has 0 aliphatic carbocycles. The van der Waals surface area contributed by atoms with E-state index < -0.39 is 5.79 Å². The number of ether oxygens (including phenoxy) is 2. The van der Waals surface area contributed by atoms with Gasteiger partial charge in [-0.15, -0.1) is 0 Å². The van der Waals surface area contributed by atoms with E-state index in [1.807, 2.05) is 6.07 Å². The molecule has 2 aromatic rings. The second kappa shape index (κ2) is 6.75. The fourth-order valence-electron chi connectivity index (χ4n) is 4.11. The van der Waals surface area contributed by atoms with Crippen molar-refractivity contribution in [3.63, 3.8) is 0 Å². The van der Waals surface area contributed by atoms with Crippen LogP contribution in [0.4, 0.5) is 0 Å². The number of halogens is 1. The summed E-state index contributed by atoms with van der Waals surface area (Å²) in [5.41, 5.74) is 6.23. The zero-order valence-electron chi connectivity index (χ0n) is 15.0. The first-order chi connectivity index (χ1) is 12.1. The van der Waals surface area contributed by atoms with Crippen LogP contribution in [0.5, 0.6) is 0 Å². The van der Waals surface area contributed by atoms with Crippen LogP contribution in [0.25, 0.3) is 0 Å². The Labute approximate surface area is 155 Å². The maximum Gasteiger partial charge on any atom is 0.195 e. The monoisotopic (exact) mass is 356 g/mol. The van der Waals surface area contributed by atoms with Crippen molar-refractivity contribution in [1.82, 2.24) is 0 Å². The van der Waals surface area contributed by atoms with Crippen molar-refractivity contribution >= 4 is 11.6 Å². The fraction of sp³-hybridized carbons (Fsp3) is 0.455. The Morgan fingerprint density at radius 2 is 1.88 bits per heavy atom. The summed E-state index contributed by atoms with van der Waals surface area (Å²) in [6, 6.07) is 12.9. The first-order valence-electron chi connectivity index (χ1n) is 9.31. The summed E-state index contributed by atoms with van der Waals surface area (Å²) in [4.78, 5) is 0. The van der Waals surface area contributed by atoms with E-state index in [-0.39, 0.29) is 6.10 Å². The molecular weight excluding hydrogens is 332 g/mol. The summed E-state index contributed by atoms with van der Waals surface area (Å²) in [6.07, 6.45) is 5.30. The highest BCUT2D eigenvalue weighted by atomic mass is 35.5. The number of hydrogen-bond donors (Lipinski definition) is 0. The average molecular weight is 357 g/mol. The molecule has 2 aromatic carbocycles. The van der Waals surface area contributed by atoms with Gasteiger partial charge in [-0.1, -0.05) is 48.9 Å². The molecule has 25 heavy (non-hydrogen) atoms. The smallest absolute Gasteiger partial charge is 0.195 e. The van der Waals surface area contributed by atoms with E-state index in [1.54, 1.807) is 0 Å². The molecule has 0 bridgehead atoms. The van der Waals surface area contributed by atoms with Gasteiger partial charge in [0.2, 0.25) is 0 Å². The lowest BCUT2D eigenvalue weighted by atomic mass is 9.90. The lowest BCUT2D eigenvalue weighted by Gasteiger charge is -2.37. The van der Waals surface area contributed by atoms with Crippen LogP contribution in [0, 0.1) is 0 Å². The second-order valence-corrected chi connectivity index (χ2v) is 7.67. The number of benzene rings is 2. The van der Waals surface area contributed by atoms with Crippen molar-refractivity contribution in [2.75, 3.05) is 0 Å². The van der Waals surface area contributed by atoms with E-state index in [0.717, 1.165) is 37.1 Å². The third-order valence-electron chi connectivity index (χ3n) is 5.55. The van der Waals surface area contributed by atoms with Crippen LogP contribution < -0.4 is 0 Å². The first kappa shape index (κ1) is 17.1. The molecule has 2 unspecified atom stereocenters. The third kappa shape index (κ3) is 3.12. The van der Waals surface area contributed by atoms with Gasteiger partial charge in [0.15, 0.2) is 5.79 Å². The Morgan fingerprint density at radius 3 is 2.60 bits per heavy atom. The van der Waals surface area contributed by atoms with Crippen LogP contribution in [0.2, 0.25) is 5.02 Å². The summed E-state index contributed by atoms with van der Waals surface area (Å²) >= 11 is 6.58. The maximum atomic E-state index is 6.58. The lowest BCUT2D eigenvalue weighted by Crippen LogP contribution is -2.36. The first-order valence-corrected chi connectivity index (χ1v) is 9.69. The molecule has 132 valence electrons. The zero-order valence-corrected chi connectivity index (χ0v) is 15.7. The van der Waals surface area contributed by atoms with Gasteiger partial charge in [0, 0.05) is 17.0 Å². The molecular formula is C22H25ClO2. The predicted octanol–water partition coefficient (Wildman–Crippen LogP) is 5.77. The van der Waals surface area contributed by atoms with Crippen molar-refractivity contribution < 1.29 is 9.47 Å². The summed E-state index contributed by atoms with van der Waals surface area (Å²) in [5, 5.41) is 0.822. The summed E-state index contributed by atoms with van der Waals surface area (Å²) in [7, 11) is 0. The van der Waals surface area contributed by atoms with Gasteiger partial charge in [-0.3, -0.25) is 0 Å². The Bertz CT molecular complexity index is 768. The number of hydrogen-bond acceptors (Lipinski definition) is 2. The zero-order chi connectivity index (χ0) is 17.4. The molecule has 2 atom stereocenters. The predicted molar refractivity (Wildman–Crippen MR) is 101 cm³/mol. The number of rotatable bonds is 3. The van der Waals surface area contributed by atoms with E-state index in [2.05, 4.69) is 44.2 Å². The van der Waals surface area contributed by atoms with Crippen molar-refractivity contribution in [3.05, 3.63) is 69.2 Å². The van der Waals surface area contributed by atoms with Crippen LogP contribution in [0.1, 0.15) is 60.9 Å². The van der Waals surface area contributed by atoms with E-state index in [1.165, 1.54) is 27.8 Å². The molecule has 2 nitrogen and oxygen atoms in total. The minimum absolute atomic E-state index is 0.236. The minimum atomic E-state index is -0.557. The number of fused-ring (bicyclic) bond motifs is 2. The van der Waals surface area contributed by atoms with E-state index >= 15 is 0 Å². The molecule has 1 saturated heterocycles. The minimum Gasteiger partial charge on any atom is -0.343 e. The van der Waals surface area contributed by atoms with Gasteiger partial charge in [-0.05, 0) is 60.9 Å². The summed E-state index contributed by atoms with van der Waals surface area (Å²) in [5.74, 6) is -0.557. The molecule has 4 rings (SSSR count). The molecule has 0 amide bonds. The largest absolute Gasteiger partial charge is 0.343 e. The number of aryl methyl sites for hydroxylation is 1. The van der Waals surface area contributed by atoms with Crippen LogP contribution in [-0.2, 0) is 34.7 Å². The Morgan fingerprint density at radius 1 is 1.12 bits per heavy atom. The van der Waals surface area contributed by atoms with Crippen LogP contribution in [0.3, 0.4) is 0 Å². The molecule has 2 aliphatic rings. The molecule has 2 aliphatic heterocycles. The Kier molecular flexibility index (Phi) is 4.61. The van der Waals surface area contributed by atoms with Gasteiger partial charge in [0.05, 0.1) is 12.7 Å². The molecule has 1 spiro atoms. The Balaban J connectivity index is 1.69. The van der Waals surface area contributed by atoms with E-state index in [9.17, 15) is 0 Å². The van der Waals surface area contributed by atoms with Gasteiger partial charge in [0.1, 0.15) is 0 Å². The van der Waals surface area contributed by atoms with Gasteiger partial charge < -0.3 is 9.47 Å². The average Bonchev–Trinajstić information content (AvgIpc) is 2.96. The third-order valence-corrected chi connectivity index (χ3v) is 5.91. The van der Waals surface area contributed by atoms with Crippen molar-refractivity contribution in [3.8, 4) is 0 Å². The Hall–Kier alpha value is -1.35. The quantitative estimate of drug-likeness (QED) is 0.695. The van der Waals surface area contributed by atoms with Crippen molar-refractivity contribution in [2.45, 2.75) is 64.4 Å².